The van der Waals surface area contributed by atoms with Gasteiger partial charge in [-0.05, 0) is 33.3 Å². The fraction of sp³-hybridized carbons (Fsp3) is 0.500. The van der Waals surface area contributed by atoms with Crippen molar-refractivity contribution in [1.82, 2.24) is 5.32 Å². The van der Waals surface area contributed by atoms with Crippen LogP contribution in [0, 0.1) is 10.1 Å². The second kappa shape index (κ2) is 5.59. The van der Waals surface area contributed by atoms with Gasteiger partial charge in [0, 0.05) is 29.9 Å². The third-order valence-electron chi connectivity index (χ3n) is 3.06. The summed E-state index contributed by atoms with van der Waals surface area (Å²) in [5.41, 5.74) is 0.936. The number of non-ortho nitro benzene ring substituents is 1. The number of amides is 1. The van der Waals surface area contributed by atoms with Crippen molar-refractivity contribution in [1.29, 1.82) is 0 Å². The highest BCUT2D eigenvalue weighted by atomic mass is 16.6. The summed E-state index contributed by atoms with van der Waals surface area (Å²) < 4.78 is 5.23. The summed E-state index contributed by atoms with van der Waals surface area (Å²) in [6.07, 6.45) is 0.125. The number of alkyl carbamates (subject to hydrolysis) is 1. The minimum Gasteiger partial charge on any atom is -0.444 e. The van der Waals surface area contributed by atoms with Gasteiger partial charge in [0.15, 0.2) is 0 Å². The highest BCUT2D eigenvalue weighted by molar-refractivity contribution is 5.70. The van der Waals surface area contributed by atoms with E-state index in [-0.39, 0.29) is 11.7 Å². The van der Waals surface area contributed by atoms with Crippen LogP contribution in [0.5, 0.6) is 0 Å². The average molecular weight is 293 g/mol. The number of fused-ring (bicyclic) bond motifs is 1. The van der Waals surface area contributed by atoms with E-state index in [9.17, 15) is 14.9 Å². The molecule has 1 atom stereocenters. The van der Waals surface area contributed by atoms with Gasteiger partial charge in [-0.2, -0.15) is 0 Å². The van der Waals surface area contributed by atoms with Gasteiger partial charge >= 0.3 is 6.09 Å². The van der Waals surface area contributed by atoms with Crippen LogP contribution in [0.1, 0.15) is 38.8 Å². The highest BCUT2D eigenvalue weighted by Crippen LogP contribution is 2.32. The molecule has 0 unspecified atom stereocenters. The molecule has 0 bridgehead atoms. The third kappa shape index (κ3) is 3.84. The van der Waals surface area contributed by atoms with E-state index in [1.807, 2.05) is 0 Å². The summed E-state index contributed by atoms with van der Waals surface area (Å²) >= 11 is 0. The minimum atomic E-state index is -0.581. The van der Waals surface area contributed by atoms with E-state index in [1.54, 1.807) is 26.8 Å². The number of nitro groups is 1. The van der Waals surface area contributed by atoms with Gasteiger partial charge in [0.05, 0.1) is 11.0 Å². The molecule has 2 rings (SSSR count). The molecule has 0 aromatic heterocycles. The van der Waals surface area contributed by atoms with Gasteiger partial charge in [-0.25, -0.2) is 4.79 Å². The Morgan fingerprint density at radius 1 is 1.48 bits per heavy atom. The minimum absolute atomic E-state index is 0.00781. The van der Waals surface area contributed by atoms with Crippen molar-refractivity contribution < 1.29 is 14.5 Å². The maximum absolute atomic E-state index is 11.9. The molecule has 7 heteroatoms. The molecular weight excluding hydrogens is 274 g/mol. The van der Waals surface area contributed by atoms with Crippen molar-refractivity contribution in [3.63, 3.8) is 0 Å². The monoisotopic (exact) mass is 293 g/mol. The maximum atomic E-state index is 11.9. The van der Waals surface area contributed by atoms with Gasteiger partial charge < -0.3 is 15.4 Å². The number of rotatable bonds is 2. The molecule has 7 nitrogen and oxygen atoms in total. The molecule has 1 aromatic rings. The van der Waals surface area contributed by atoms with Crippen molar-refractivity contribution in [3.05, 3.63) is 33.9 Å². The van der Waals surface area contributed by atoms with Crippen LogP contribution in [-0.2, 0) is 4.74 Å². The Kier molecular flexibility index (Phi) is 4.02. The Morgan fingerprint density at radius 2 is 2.19 bits per heavy atom. The van der Waals surface area contributed by atoms with Crippen LogP contribution in [0.2, 0.25) is 0 Å². The molecule has 0 spiro atoms. The normalized spacial score (nSPS) is 17.4. The van der Waals surface area contributed by atoms with Gasteiger partial charge in [-0.3, -0.25) is 10.1 Å². The van der Waals surface area contributed by atoms with Crippen LogP contribution in [0.4, 0.5) is 16.2 Å². The number of nitro benzene ring substituents is 1. The lowest BCUT2D eigenvalue weighted by Crippen LogP contribution is -2.37. The molecule has 2 N–H and O–H groups in total. The molecule has 114 valence electrons. The summed E-state index contributed by atoms with van der Waals surface area (Å²) in [5, 5.41) is 16.8. The predicted molar refractivity (Wildman–Crippen MR) is 78.3 cm³/mol. The number of carbonyl (C=O) groups excluding carboxylic acids is 1. The smallest absolute Gasteiger partial charge is 0.408 e. The molecule has 1 amide bonds. The van der Waals surface area contributed by atoms with Gasteiger partial charge in [0.2, 0.25) is 0 Å². The third-order valence-corrected chi connectivity index (χ3v) is 3.06. The highest BCUT2D eigenvalue weighted by Gasteiger charge is 2.26. The zero-order valence-corrected chi connectivity index (χ0v) is 12.3. The van der Waals surface area contributed by atoms with Crippen molar-refractivity contribution >= 4 is 17.5 Å². The SMILES string of the molecule is CC(C)(C)OC(=O)N[C@@H]1CCNc2ccc([N+](=O)[O-])cc21. The lowest BCUT2D eigenvalue weighted by molar-refractivity contribution is -0.384. The maximum Gasteiger partial charge on any atom is 0.408 e. The van der Waals surface area contributed by atoms with Crippen LogP contribution in [0.25, 0.3) is 0 Å². The second-order valence-corrected chi connectivity index (χ2v) is 5.94. The molecular formula is C14H19N3O4. The van der Waals surface area contributed by atoms with Crippen LogP contribution in [-0.4, -0.2) is 23.2 Å². The molecule has 0 saturated heterocycles. The van der Waals surface area contributed by atoms with E-state index in [0.717, 1.165) is 5.69 Å². The van der Waals surface area contributed by atoms with E-state index in [0.29, 0.717) is 18.5 Å². The number of hydrogen-bond acceptors (Lipinski definition) is 5. The number of benzene rings is 1. The Labute approximate surface area is 122 Å². The fourth-order valence-electron chi connectivity index (χ4n) is 2.22. The molecule has 0 fully saturated rings. The van der Waals surface area contributed by atoms with Crippen molar-refractivity contribution in [2.75, 3.05) is 11.9 Å². The first-order valence-corrected chi connectivity index (χ1v) is 6.78. The number of carbonyl (C=O) groups is 1. The lowest BCUT2D eigenvalue weighted by atomic mass is 9.97. The quantitative estimate of drug-likeness (QED) is 0.646. The van der Waals surface area contributed by atoms with E-state index in [4.69, 9.17) is 4.74 Å². The van der Waals surface area contributed by atoms with Crippen LogP contribution >= 0.6 is 0 Å². The lowest BCUT2D eigenvalue weighted by Gasteiger charge is -2.28. The van der Waals surface area contributed by atoms with Gasteiger partial charge in [-0.1, -0.05) is 0 Å². The largest absolute Gasteiger partial charge is 0.444 e. The average Bonchev–Trinajstić information content (AvgIpc) is 2.36. The van der Waals surface area contributed by atoms with E-state index < -0.39 is 16.6 Å². The predicted octanol–water partition coefficient (Wildman–Crippen LogP) is 2.98. The Hall–Kier alpha value is -2.31. The number of hydrogen-bond donors (Lipinski definition) is 2. The fourth-order valence-corrected chi connectivity index (χ4v) is 2.22. The van der Waals surface area contributed by atoms with Crippen LogP contribution in [0.3, 0.4) is 0 Å². The number of ether oxygens (including phenoxy) is 1. The number of nitrogens with zero attached hydrogens (tertiary/aromatic N) is 1. The Bertz CT molecular complexity index is 566. The first-order chi connectivity index (χ1) is 9.76. The summed E-state index contributed by atoms with van der Waals surface area (Å²) in [6.45, 7) is 6.04. The summed E-state index contributed by atoms with van der Waals surface area (Å²) in [6, 6.07) is 4.30. The Balaban J connectivity index is 2.19. The summed E-state index contributed by atoms with van der Waals surface area (Å²) in [4.78, 5) is 22.3. The van der Waals surface area contributed by atoms with Crippen LogP contribution < -0.4 is 10.6 Å². The standard InChI is InChI=1S/C14H19N3O4/c1-14(2,3)21-13(18)16-12-6-7-15-11-5-4-9(17(19)20)8-10(11)12/h4-5,8,12,15H,6-7H2,1-3H3,(H,16,18)/t12-/m1/s1. The van der Waals surface area contributed by atoms with Crippen molar-refractivity contribution in [2.45, 2.75) is 38.8 Å². The molecule has 0 radical (unpaired) electrons. The Morgan fingerprint density at radius 3 is 2.81 bits per heavy atom. The van der Waals surface area contributed by atoms with E-state index >= 15 is 0 Å². The molecule has 1 aliphatic rings. The topological polar surface area (TPSA) is 93.5 Å². The molecule has 1 heterocycles. The molecule has 21 heavy (non-hydrogen) atoms. The van der Waals surface area contributed by atoms with Crippen molar-refractivity contribution in [2.24, 2.45) is 0 Å². The molecule has 0 saturated carbocycles. The van der Waals surface area contributed by atoms with Gasteiger partial charge in [0.25, 0.3) is 5.69 Å². The summed E-state index contributed by atoms with van der Waals surface area (Å²) in [7, 11) is 0. The van der Waals surface area contributed by atoms with E-state index in [2.05, 4.69) is 10.6 Å². The molecule has 1 aromatic carbocycles. The van der Waals surface area contributed by atoms with Crippen molar-refractivity contribution in [3.8, 4) is 0 Å². The number of anilines is 1. The zero-order valence-electron chi connectivity index (χ0n) is 12.3. The molecule has 0 aliphatic carbocycles. The first kappa shape index (κ1) is 15.1. The number of nitrogens with one attached hydrogen (secondary N) is 2. The molecule has 1 aliphatic heterocycles. The van der Waals surface area contributed by atoms with Gasteiger partial charge in [-0.15, -0.1) is 0 Å². The second-order valence-electron chi connectivity index (χ2n) is 5.94. The summed E-state index contributed by atoms with van der Waals surface area (Å²) in [5.74, 6) is 0. The zero-order chi connectivity index (χ0) is 15.6. The van der Waals surface area contributed by atoms with Crippen LogP contribution in [0.15, 0.2) is 18.2 Å². The first-order valence-electron chi connectivity index (χ1n) is 6.78. The van der Waals surface area contributed by atoms with E-state index in [1.165, 1.54) is 12.1 Å². The van der Waals surface area contributed by atoms with Gasteiger partial charge in [0.1, 0.15) is 5.60 Å².